The van der Waals surface area contributed by atoms with E-state index in [-0.39, 0.29) is 12.1 Å². The van der Waals surface area contributed by atoms with Gasteiger partial charge in [0.05, 0.1) is 13.2 Å². The second-order valence-corrected chi connectivity index (χ2v) is 7.21. The molecule has 1 aliphatic rings. The van der Waals surface area contributed by atoms with E-state index < -0.39 is 0 Å². The lowest BCUT2D eigenvalue weighted by Gasteiger charge is -2.35. The first-order valence-corrected chi connectivity index (χ1v) is 9.50. The minimum absolute atomic E-state index is 0.0782. The Bertz CT molecular complexity index is 527. The highest BCUT2D eigenvalue weighted by Crippen LogP contribution is 2.26. The molecule has 2 amide bonds. The highest BCUT2D eigenvalue weighted by Gasteiger charge is 2.23. The molecule has 140 valence electrons. The number of hydrogen-bond donors (Lipinski definition) is 2. The Kier molecular flexibility index (Phi) is 8.06. The zero-order valence-electron chi connectivity index (χ0n) is 15.9. The zero-order valence-corrected chi connectivity index (χ0v) is 15.9. The first-order valence-electron chi connectivity index (χ1n) is 9.50. The number of piperidine rings is 1. The molecule has 5 nitrogen and oxygen atoms in total. The van der Waals surface area contributed by atoms with Gasteiger partial charge in [-0.05, 0) is 56.0 Å². The minimum Gasteiger partial charge on any atom is -0.497 e. The molecule has 1 aromatic carbocycles. The van der Waals surface area contributed by atoms with E-state index in [0.717, 1.165) is 31.8 Å². The second-order valence-electron chi connectivity index (χ2n) is 7.21. The maximum absolute atomic E-state index is 12.1. The van der Waals surface area contributed by atoms with Crippen molar-refractivity contribution in [3.63, 3.8) is 0 Å². The lowest BCUT2D eigenvalue weighted by molar-refractivity contribution is 0.160. The maximum atomic E-state index is 12.1. The average Bonchev–Trinajstić information content (AvgIpc) is 2.62. The monoisotopic (exact) mass is 347 g/mol. The predicted octanol–water partition coefficient (Wildman–Crippen LogP) is 3.57. The molecule has 1 unspecified atom stereocenters. The summed E-state index contributed by atoms with van der Waals surface area (Å²) < 4.78 is 5.38. The van der Waals surface area contributed by atoms with Gasteiger partial charge < -0.3 is 15.4 Å². The molecule has 0 spiro atoms. The van der Waals surface area contributed by atoms with Crippen molar-refractivity contribution in [1.82, 2.24) is 15.5 Å². The number of likely N-dealkylation sites (tertiary alicyclic amines) is 1. The first kappa shape index (κ1) is 19.6. The molecule has 2 rings (SSSR count). The van der Waals surface area contributed by atoms with Crippen LogP contribution in [0.15, 0.2) is 24.3 Å². The lowest BCUT2D eigenvalue weighted by Crippen LogP contribution is -2.44. The van der Waals surface area contributed by atoms with Gasteiger partial charge in [-0.3, -0.25) is 4.90 Å². The third-order valence-electron chi connectivity index (χ3n) is 4.77. The molecule has 0 radical (unpaired) electrons. The number of rotatable bonds is 8. The fourth-order valence-corrected chi connectivity index (χ4v) is 3.26. The van der Waals surface area contributed by atoms with Crippen molar-refractivity contribution in [3.05, 3.63) is 29.8 Å². The number of hydrogen-bond acceptors (Lipinski definition) is 3. The molecule has 0 aliphatic carbocycles. The van der Waals surface area contributed by atoms with Crippen molar-refractivity contribution in [1.29, 1.82) is 0 Å². The van der Waals surface area contributed by atoms with Crippen molar-refractivity contribution in [3.8, 4) is 5.75 Å². The van der Waals surface area contributed by atoms with Gasteiger partial charge in [0.25, 0.3) is 0 Å². The number of urea groups is 1. The van der Waals surface area contributed by atoms with Crippen LogP contribution in [-0.4, -0.2) is 44.2 Å². The van der Waals surface area contributed by atoms with Crippen LogP contribution in [0.2, 0.25) is 0 Å². The van der Waals surface area contributed by atoms with Gasteiger partial charge in [0.15, 0.2) is 0 Å². The van der Waals surface area contributed by atoms with Gasteiger partial charge in [-0.1, -0.05) is 32.4 Å². The first-order chi connectivity index (χ1) is 12.1. The number of nitrogens with one attached hydrogen (secondary N) is 2. The zero-order chi connectivity index (χ0) is 18.1. The van der Waals surface area contributed by atoms with Crippen LogP contribution in [0.25, 0.3) is 0 Å². The van der Waals surface area contributed by atoms with E-state index in [9.17, 15) is 4.79 Å². The summed E-state index contributed by atoms with van der Waals surface area (Å²) in [7, 11) is 1.69. The standard InChI is InChI=1S/C20H33N3O2/c1-16(2)10-11-21-20(24)22-15-19(23-12-5-4-6-13-23)17-8-7-9-18(14-17)25-3/h7-9,14,16,19H,4-6,10-13,15H2,1-3H3,(H2,21,22,24). The number of nitrogens with zero attached hydrogens (tertiary/aromatic N) is 1. The van der Waals surface area contributed by atoms with E-state index in [4.69, 9.17) is 4.74 Å². The number of ether oxygens (including phenoxy) is 1. The molecule has 1 saturated heterocycles. The third-order valence-corrected chi connectivity index (χ3v) is 4.77. The van der Waals surface area contributed by atoms with Crippen LogP contribution < -0.4 is 15.4 Å². The lowest BCUT2D eigenvalue weighted by atomic mass is 10.0. The van der Waals surface area contributed by atoms with Gasteiger partial charge >= 0.3 is 6.03 Å². The minimum atomic E-state index is -0.0782. The summed E-state index contributed by atoms with van der Waals surface area (Å²) in [5.74, 6) is 1.46. The molecule has 0 bridgehead atoms. The Morgan fingerprint density at radius 2 is 1.96 bits per heavy atom. The molecular weight excluding hydrogens is 314 g/mol. The average molecular weight is 348 g/mol. The fourth-order valence-electron chi connectivity index (χ4n) is 3.26. The van der Waals surface area contributed by atoms with Gasteiger partial charge in [-0.2, -0.15) is 0 Å². The van der Waals surface area contributed by atoms with Gasteiger partial charge in [0, 0.05) is 13.1 Å². The van der Waals surface area contributed by atoms with Crippen LogP contribution in [0.3, 0.4) is 0 Å². The van der Waals surface area contributed by atoms with E-state index in [1.807, 2.05) is 12.1 Å². The van der Waals surface area contributed by atoms with E-state index in [1.165, 1.54) is 24.8 Å². The second kappa shape index (κ2) is 10.3. The third kappa shape index (κ3) is 6.58. The summed E-state index contributed by atoms with van der Waals surface area (Å²) in [5, 5.41) is 6.01. The molecule has 5 heteroatoms. The topological polar surface area (TPSA) is 53.6 Å². The SMILES string of the molecule is COc1cccc(C(CNC(=O)NCCC(C)C)N2CCCCC2)c1. The summed E-state index contributed by atoms with van der Waals surface area (Å²) in [4.78, 5) is 14.6. The highest BCUT2D eigenvalue weighted by molar-refractivity contribution is 5.73. The quantitative estimate of drug-likeness (QED) is 0.756. The Balaban J connectivity index is 1.98. The fraction of sp³-hybridized carbons (Fsp3) is 0.650. The van der Waals surface area contributed by atoms with Gasteiger partial charge in [0.1, 0.15) is 5.75 Å². The van der Waals surface area contributed by atoms with Gasteiger partial charge in [0.2, 0.25) is 0 Å². The number of amides is 2. The molecule has 1 fully saturated rings. The molecular formula is C20H33N3O2. The van der Waals surface area contributed by atoms with Crippen molar-refractivity contribution in [2.24, 2.45) is 5.92 Å². The number of benzene rings is 1. The molecule has 0 aromatic heterocycles. The van der Waals surface area contributed by atoms with E-state index >= 15 is 0 Å². The largest absolute Gasteiger partial charge is 0.497 e. The number of carbonyl (C=O) groups is 1. The van der Waals surface area contributed by atoms with Gasteiger partial charge in [-0.15, -0.1) is 0 Å². The normalized spacial score (nSPS) is 16.5. The summed E-state index contributed by atoms with van der Waals surface area (Å²) >= 11 is 0. The molecule has 1 aliphatic heterocycles. The predicted molar refractivity (Wildman–Crippen MR) is 102 cm³/mol. The molecule has 2 N–H and O–H groups in total. The van der Waals surface area contributed by atoms with Crippen LogP contribution >= 0.6 is 0 Å². The van der Waals surface area contributed by atoms with Crippen molar-refractivity contribution >= 4 is 6.03 Å². The maximum Gasteiger partial charge on any atom is 0.314 e. The number of methoxy groups -OCH3 is 1. The summed E-state index contributed by atoms with van der Waals surface area (Å²) in [5.41, 5.74) is 1.20. The molecule has 25 heavy (non-hydrogen) atoms. The van der Waals surface area contributed by atoms with Crippen molar-refractivity contribution < 1.29 is 9.53 Å². The summed E-state index contributed by atoms with van der Waals surface area (Å²) in [6.07, 6.45) is 4.74. The van der Waals surface area contributed by atoms with Crippen LogP contribution in [0.5, 0.6) is 5.75 Å². The molecule has 1 heterocycles. The molecule has 1 atom stereocenters. The van der Waals surface area contributed by atoms with Crippen LogP contribution in [0.4, 0.5) is 4.79 Å². The van der Waals surface area contributed by atoms with Crippen molar-refractivity contribution in [2.75, 3.05) is 33.3 Å². The summed E-state index contributed by atoms with van der Waals surface area (Å²) in [6, 6.07) is 8.30. The Morgan fingerprint density at radius 3 is 2.64 bits per heavy atom. The van der Waals surface area contributed by atoms with Crippen LogP contribution in [0, 0.1) is 5.92 Å². The van der Waals surface area contributed by atoms with Crippen molar-refractivity contribution in [2.45, 2.75) is 45.6 Å². The highest BCUT2D eigenvalue weighted by atomic mass is 16.5. The van der Waals surface area contributed by atoms with Gasteiger partial charge in [-0.25, -0.2) is 4.79 Å². The Hall–Kier alpha value is -1.75. The van der Waals surface area contributed by atoms with E-state index in [2.05, 4.69) is 41.5 Å². The Morgan fingerprint density at radius 1 is 1.20 bits per heavy atom. The summed E-state index contributed by atoms with van der Waals surface area (Å²) in [6.45, 7) is 7.82. The van der Waals surface area contributed by atoms with E-state index in [1.54, 1.807) is 7.11 Å². The van der Waals surface area contributed by atoms with E-state index in [0.29, 0.717) is 12.5 Å². The molecule has 1 aromatic rings. The van der Waals surface area contributed by atoms with Crippen LogP contribution in [-0.2, 0) is 0 Å². The molecule has 0 saturated carbocycles. The smallest absolute Gasteiger partial charge is 0.314 e. The van der Waals surface area contributed by atoms with Crippen LogP contribution in [0.1, 0.15) is 51.1 Å². The Labute approximate surface area is 152 Å². The number of carbonyl (C=O) groups excluding carboxylic acids is 1.